The maximum absolute atomic E-state index is 10.7. The van der Waals surface area contributed by atoms with Crippen LogP contribution in [-0.4, -0.2) is 21.4 Å². The van der Waals surface area contributed by atoms with Gasteiger partial charge in [-0.25, -0.2) is 0 Å². The SMILES string of the molecule is C[C@H](CCC(C)(C)O)[C@H]1CC[C@H]2[C@@H]3CC=C4C[C@](C)(O)CC[C@]4(C)[C@H]3CC[C@]12C. The summed E-state index contributed by atoms with van der Waals surface area (Å²) in [4.78, 5) is 0. The van der Waals surface area contributed by atoms with E-state index in [1.807, 2.05) is 20.8 Å². The molecular weight excluding hydrogens is 356 g/mol. The highest BCUT2D eigenvalue weighted by molar-refractivity contribution is 5.26. The Kier molecular flexibility index (Phi) is 5.35. The zero-order valence-corrected chi connectivity index (χ0v) is 19.9. The third kappa shape index (κ3) is 3.75. The van der Waals surface area contributed by atoms with Crippen molar-refractivity contribution in [3.8, 4) is 0 Å². The summed E-state index contributed by atoms with van der Waals surface area (Å²) in [5.41, 5.74) is 1.37. The smallest absolute Gasteiger partial charge is 0.0657 e. The number of allylic oxidation sites excluding steroid dienone is 1. The first kappa shape index (κ1) is 21.9. The molecule has 4 rings (SSSR count). The highest BCUT2D eigenvalue weighted by Crippen LogP contribution is 2.67. The molecule has 0 aliphatic heterocycles. The molecular formula is C27H46O2. The van der Waals surface area contributed by atoms with E-state index in [1.54, 1.807) is 5.57 Å². The zero-order valence-electron chi connectivity index (χ0n) is 19.9. The van der Waals surface area contributed by atoms with Gasteiger partial charge in [-0.2, -0.15) is 0 Å². The Hall–Kier alpha value is -0.340. The van der Waals surface area contributed by atoms with E-state index >= 15 is 0 Å². The Morgan fingerprint density at radius 1 is 1.07 bits per heavy atom. The molecule has 0 unspecified atom stereocenters. The predicted molar refractivity (Wildman–Crippen MR) is 121 cm³/mol. The fraction of sp³-hybridized carbons (Fsp3) is 0.926. The van der Waals surface area contributed by atoms with Gasteiger partial charge in [0.1, 0.15) is 0 Å². The van der Waals surface area contributed by atoms with Gasteiger partial charge < -0.3 is 10.2 Å². The van der Waals surface area contributed by atoms with E-state index < -0.39 is 11.2 Å². The number of hydrogen-bond donors (Lipinski definition) is 2. The van der Waals surface area contributed by atoms with Crippen LogP contribution in [0.1, 0.15) is 106 Å². The zero-order chi connectivity index (χ0) is 21.2. The quantitative estimate of drug-likeness (QED) is 0.527. The van der Waals surface area contributed by atoms with E-state index in [0.717, 1.165) is 49.4 Å². The second kappa shape index (κ2) is 7.09. The summed E-state index contributed by atoms with van der Waals surface area (Å²) in [5.74, 6) is 4.07. The highest BCUT2D eigenvalue weighted by Gasteiger charge is 2.59. The summed E-state index contributed by atoms with van der Waals surface area (Å²) in [6.07, 6.45) is 14.5. The maximum Gasteiger partial charge on any atom is 0.0657 e. The standard InChI is InChI=1S/C27H46O2/c1-18(11-13-24(2,3)28)21-9-10-22-20-8-7-19-17-25(4,29)15-16-26(19,5)23(20)12-14-27(21,22)6/h7,18,20-23,28-29H,8-17H2,1-6H3/t18-,20+,21-,22+,23+,25-,26+,27-/m1/s1. The first-order valence-electron chi connectivity index (χ1n) is 12.5. The number of fused-ring (bicyclic) bond motifs is 5. The van der Waals surface area contributed by atoms with Crippen LogP contribution >= 0.6 is 0 Å². The van der Waals surface area contributed by atoms with Crippen molar-refractivity contribution in [3.05, 3.63) is 11.6 Å². The van der Waals surface area contributed by atoms with Gasteiger partial charge in [-0.05, 0) is 125 Å². The Labute approximate surface area is 179 Å². The molecule has 0 bridgehead atoms. The first-order chi connectivity index (χ1) is 13.4. The minimum absolute atomic E-state index is 0.330. The molecule has 0 heterocycles. The number of rotatable bonds is 4. The van der Waals surface area contributed by atoms with Gasteiger partial charge in [0.15, 0.2) is 0 Å². The average molecular weight is 403 g/mol. The lowest BCUT2D eigenvalue weighted by atomic mass is 9.46. The fourth-order valence-electron chi connectivity index (χ4n) is 8.56. The van der Waals surface area contributed by atoms with Crippen LogP contribution in [0.5, 0.6) is 0 Å². The molecule has 4 aliphatic carbocycles. The fourth-order valence-corrected chi connectivity index (χ4v) is 8.56. The Bertz CT molecular complexity index is 656. The minimum atomic E-state index is -0.536. The van der Waals surface area contributed by atoms with Gasteiger partial charge >= 0.3 is 0 Å². The monoisotopic (exact) mass is 402 g/mol. The molecule has 0 saturated heterocycles. The molecule has 29 heavy (non-hydrogen) atoms. The lowest BCUT2D eigenvalue weighted by Gasteiger charge is -2.59. The molecule has 0 radical (unpaired) electrons. The van der Waals surface area contributed by atoms with Crippen LogP contribution in [-0.2, 0) is 0 Å². The van der Waals surface area contributed by atoms with Crippen molar-refractivity contribution in [2.75, 3.05) is 0 Å². The Balaban J connectivity index is 1.53. The van der Waals surface area contributed by atoms with Gasteiger partial charge in [-0.1, -0.05) is 32.4 Å². The van der Waals surface area contributed by atoms with Gasteiger partial charge in [0.05, 0.1) is 11.2 Å². The molecule has 0 spiro atoms. The van der Waals surface area contributed by atoms with Crippen molar-refractivity contribution >= 4 is 0 Å². The number of hydrogen-bond acceptors (Lipinski definition) is 2. The van der Waals surface area contributed by atoms with Crippen LogP contribution in [0.3, 0.4) is 0 Å². The van der Waals surface area contributed by atoms with E-state index in [2.05, 4.69) is 26.8 Å². The molecule has 3 fully saturated rings. The molecule has 4 aliphatic rings. The first-order valence-corrected chi connectivity index (χ1v) is 12.5. The molecule has 0 amide bonds. The van der Waals surface area contributed by atoms with Crippen molar-refractivity contribution in [1.29, 1.82) is 0 Å². The van der Waals surface area contributed by atoms with Gasteiger partial charge in [0.25, 0.3) is 0 Å². The summed E-state index contributed by atoms with van der Waals surface area (Å²) in [6.45, 7) is 13.6. The maximum atomic E-state index is 10.7. The van der Waals surface area contributed by atoms with E-state index in [0.29, 0.717) is 16.7 Å². The summed E-state index contributed by atoms with van der Waals surface area (Å²) >= 11 is 0. The third-order valence-electron chi connectivity index (χ3n) is 10.4. The summed E-state index contributed by atoms with van der Waals surface area (Å²) in [7, 11) is 0. The Morgan fingerprint density at radius 2 is 1.79 bits per heavy atom. The minimum Gasteiger partial charge on any atom is -0.390 e. The van der Waals surface area contributed by atoms with Gasteiger partial charge in [0, 0.05) is 0 Å². The van der Waals surface area contributed by atoms with Gasteiger partial charge in [-0.3, -0.25) is 0 Å². The molecule has 0 aromatic heterocycles. The van der Waals surface area contributed by atoms with Crippen LogP contribution in [0.25, 0.3) is 0 Å². The molecule has 0 aromatic rings. The largest absolute Gasteiger partial charge is 0.390 e. The Morgan fingerprint density at radius 3 is 2.48 bits per heavy atom. The second-order valence-corrected chi connectivity index (χ2v) is 13.0. The number of aliphatic hydroxyl groups is 2. The third-order valence-corrected chi connectivity index (χ3v) is 10.4. The van der Waals surface area contributed by atoms with Gasteiger partial charge in [-0.15, -0.1) is 0 Å². The van der Waals surface area contributed by atoms with Gasteiger partial charge in [0.2, 0.25) is 0 Å². The van der Waals surface area contributed by atoms with Crippen molar-refractivity contribution in [1.82, 2.24) is 0 Å². The van der Waals surface area contributed by atoms with E-state index in [1.165, 1.54) is 38.5 Å². The normalized spacial score (nSPS) is 48.3. The van der Waals surface area contributed by atoms with Crippen molar-refractivity contribution < 1.29 is 10.2 Å². The summed E-state index contributed by atoms with van der Waals surface area (Å²) in [5, 5.41) is 20.9. The molecule has 8 atom stereocenters. The van der Waals surface area contributed by atoms with Crippen molar-refractivity contribution in [3.63, 3.8) is 0 Å². The van der Waals surface area contributed by atoms with Crippen LogP contribution in [0, 0.1) is 40.4 Å². The molecule has 2 heteroatoms. The van der Waals surface area contributed by atoms with Crippen LogP contribution < -0.4 is 0 Å². The molecule has 166 valence electrons. The molecule has 0 aromatic carbocycles. The van der Waals surface area contributed by atoms with E-state index in [-0.39, 0.29) is 0 Å². The molecule has 3 saturated carbocycles. The lowest BCUT2D eigenvalue weighted by Crippen LogP contribution is -2.52. The summed E-state index contributed by atoms with van der Waals surface area (Å²) < 4.78 is 0. The van der Waals surface area contributed by atoms with Crippen LogP contribution in [0.2, 0.25) is 0 Å². The van der Waals surface area contributed by atoms with Crippen LogP contribution in [0.15, 0.2) is 11.6 Å². The van der Waals surface area contributed by atoms with Crippen LogP contribution in [0.4, 0.5) is 0 Å². The van der Waals surface area contributed by atoms with Crippen molar-refractivity contribution in [2.45, 2.75) is 117 Å². The molecule has 2 nitrogen and oxygen atoms in total. The topological polar surface area (TPSA) is 40.5 Å². The lowest BCUT2D eigenvalue weighted by molar-refractivity contribution is -0.0713. The average Bonchev–Trinajstić information content (AvgIpc) is 2.97. The highest BCUT2D eigenvalue weighted by atomic mass is 16.3. The predicted octanol–water partition coefficient (Wildman–Crippen LogP) is 6.50. The van der Waals surface area contributed by atoms with Crippen molar-refractivity contribution in [2.24, 2.45) is 40.4 Å². The summed E-state index contributed by atoms with van der Waals surface area (Å²) in [6, 6.07) is 0. The molecule has 2 N–H and O–H groups in total. The van der Waals surface area contributed by atoms with E-state index in [4.69, 9.17) is 0 Å². The second-order valence-electron chi connectivity index (χ2n) is 13.0. The van der Waals surface area contributed by atoms with E-state index in [9.17, 15) is 10.2 Å².